The van der Waals surface area contributed by atoms with Crippen LogP contribution in [0.15, 0.2) is 40.5 Å². The Morgan fingerprint density at radius 2 is 2.00 bits per heavy atom. The first kappa shape index (κ1) is 11.8. The molecule has 1 aliphatic heterocycles. The molecule has 1 unspecified atom stereocenters. The van der Waals surface area contributed by atoms with Gasteiger partial charge in [-0.2, -0.15) is 5.10 Å². The number of aromatic nitrogens is 1. The minimum atomic E-state index is 0.280. The molecule has 2 heterocycles. The molecule has 1 aromatic heterocycles. The first-order valence-electron chi connectivity index (χ1n) is 6.42. The third-order valence-electron chi connectivity index (χ3n) is 3.39. The zero-order chi connectivity index (χ0) is 13.4. The minimum Gasteiger partial charge on any atom is -0.386 e. The smallest absolute Gasteiger partial charge is 0.123 e. The molecule has 1 atom stereocenters. The van der Waals surface area contributed by atoms with Crippen molar-refractivity contribution >= 4 is 22.5 Å². The molecule has 0 radical (unpaired) electrons. The van der Waals surface area contributed by atoms with Gasteiger partial charge in [0.15, 0.2) is 0 Å². The molecule has 19 heavy (non-hydrogen) atoms. The zero-order valence-corrected chi connectivity index (χ0v) is 11.1. The Morgan fingerprint density at radius 1 is 1.21 bits per heavy atom. The molecule has 1 aromatic carbocycles. The van der Waals surface area contributed by atoms with E-state index >= 15 is 0 Å². The summed E-state index contributed by atoms with van der Waals surface area (Å²) in [7, 11) is 0. The highest BCUT2D eigenvalue weighted by Gasteiger charge is 2.20. The van der Waals surface area contributed by atoms with E-state index in [-0.39, 0.29) is 5.92 Å². The summed E-state index contributed by atoms with van der Waals surface area (Å²) in [6.45, 7) is 4.13. The molecule has 0 spiro atoms. The number of aryl methyl sites for hydroxylation is 1. The van der Waals surface area contributed by atoms with Gasteiger partial charge < -0.3 is 5.73 Å². The Labute approximate surface area is 112 Å². The van der Waals surface area contributed by atoms with Gasteiger partial charge in [0.05, 0.1) is 11.2 Å². The first-order chi connectivity index (χ1) is 9.15. The van der Waals surface area contributed by atoms with Gasteiger partial charge in [0.1, 0.15) is 5.84 Å². The van der Waals surface area contributed by atoms with E-state index < -0.39 is 0 Å². The molecule has 96 valence electrons. The number of hydrogen-bond acceptors (Lipinski definition) is 4. The fourth-order valence-corrected chi connectivity index (χ4v) is 2.51. The standard InChI is InChI=1S/C15H16N4/c1-9-7-14(16)18-19-15(9)12-8-10(2)17-13-6-4-3-5-11(12)13/h3-6,8-9H,7H2,1-2H3,(H2,16,18). The SMILES string of the molecule is Cc1cc(C2=NN=C(N)CC2C)c2ccccc2n1. The number of nitrogens with zero attached hydrogens (tertiary/aromatic N) is 3. The summed E-state index contributed by atoms with van der Waals surface area (Å²) >= 11 is 0. The number of nitrogens with two attached hydrogens (primary N) is 1. The monoisotopic (exact) mass is 252 g/mol. The van der Waals surface area contributed by atoms with Gasteiger partial charge in [-0.1, -0.05) is 25.1 Å². The number of para-hydroxylation sites is 1. The second-order valence-corrected chi connectivity index (χ2v) is 5.01. The average molecular weight is 252 g/mol. The van der Waals surface area contributed by atoms with Crippen molar-refractivity contribution in [3.63, 3.8) is 0 Å². The molecule has 4 nitrogen and oxygen atoms in total. The van der Waals surface area contributed by atoms with Crippen molar-refractivity contribution in [2.75, 3.05) is 0 Å². The lowest BCUT2D eigenvalue weighted by Crippen LogP contribution is -2.25. The van der Waals surface area contributed by atoms with Gasteiger partial charge in [-0.25, -0.2) is 0 Å². The highest BCUT2D eigenvalue weighted by molar-refractivity contribution is 6.13. The van der Waals surface area contributed by atoms with Crippen molar-refractivity contribution in [3.8, 4) is 0 Å². The highest BCUT2D eigenvalue weighted by atomic mass is 15.2. The molecule has 1 aliphatic rings. The van der Waals surface area contributed by atoms with Crippen LogP contribution in [-0.2, 0) is 0 Å². The summed E-state index contributed by atoms with van der Waals surface area (Å²) in [6, 6.07) is 10.2. The summed E-state index contributed by atoms with van der Waals surface area (Å²) < 4.78 is 0. The van der Waals surface area contributed by atoms with Crippen LogP contribution in [0.5, 0.6) is 0 Å². The quantitative estimate of drug-likeness (QED) is 0.848. The number of amidine groups is 1. The summed E-state index contributed by atoms with van der Waals surface area (Å²) in [4.78, 5) is 4.56. The van der Waals surface area contributed by atoms with E-state index in [0.717, 1.165) is 34.3 Å². The van der Waals surface area contributed by atoms with Gasteiger partial charge in [-0.05, 0) is 19.1 Å². The average Bonchev–Trinajstić information content (AvgIpc) is 2.38. The molecule has 4 heteroatoms. The highest BCUT2D eigenvalue weighted by Crippen LogP contribution is 2.24. The lowest BCUT2D eigenvalue weighted by Gasteiger charge is -2.18. The van der Waals surface area contributed by atoms with Crippen LogP contribution in [0, 0.1) is 12.8 Å². The molecule has 2 aromatic rings. The van der Waals surface area contributed by atoms with Crippen LogP contribution in [0.25, 0.3) is 10.9 Å². The van der Waals surface area contributed by atoms with Crippen molar-refractivity contribution < 1.29 is 0 Å². The van der Waals surface area contributed by atoms with Crippen LogP contribution in [0.1, 0.15) is 24.6 Å². The summed E-state index contributed by atoms with van der Waals surface area (Å²) in [6.07, 6.45) is 0.758. The maximum absolute atomic E-state index is 5.74. The zero-order valence-electron chi connectivity index (χ0n) is 11.1. The van der Waals surface area contributed by atoms with Crippen LogP contribution in [0.2, 0.25) is 0 Å². The van der Waals surface area contributed by atoms with E-state index in [1.807, 2.05) is 25.1 Å². The van der Waals surface area contributed by atoms with Gasteiger partial charge in [-0.15, -0.1) is 5.10 Å². The Kier molecular flexibility index (Phi) is 2.78. The van der Waals surface area contributed by atoms with E-state index in [1.54, 1.807) is 0 Å². The van der Waals surface area contributed by atoms with E-state index in [4.69, 9.17) is 5.73 Å². The maximum Gasteiger partial charge on any atom is 0.123 e. The number of benzene rings is 1. The van der Waals surface area contributed by atoms with Crippen molar-refractivity contribution in [3.05, 3.63) is 41.6 Å². The van der Waals surface area contributed by atoms with E-state index in [1.165, 1.54) is 0 Å². The van der Waals surface area contributed by atoms with Crippen LogP contribution in [-0.4, -0.2) is 16.5 Å². The predicted octanol–water partition coefficient (Wildman–Crippen LogP) is 2.64. The molecule has 0 fully saturated rings. The fourth-order valence-electron chi connectivity index (χ4n) is 2.51. The molecule has 2 N–H and O–H groups in total. The Hall–Kier alpha value is -2.23. The van der Waals surface area contributed by atoms with Crippen LogP contribution < -0.4 is 5.73 Å². The van der Waals surface area contributed by atoms with Gasteiger partial charge in [-0.3, -0.25) is 4.98 Å². The Morgan fingerprint density at radius 3 is 2.79 bits per heavy atom. The van der Waals surface area contributed by atoms with Crippen LogP contribution in [0.4, 0.5) is 0 Å². The van der Waals surface area contributed by atoms with Crippen molar-refractivity contribution in [2.24, 2.45) is 21.9 Å². The Bertz CT molecular complexity index is 700. The van der Waals surface area contributed by atoms with Gasteiger partial charge in [0, 0.05) is 29.0 Å². The van der Waals surface area contributed by atoms with Gasteiger partial charge >= 0.3 is 0 Å². The van der Waals surface area contributed by atoms with E-state index in [9.17, 15) is 0 Å². The first-order valence-corrected chi connectivity index (χ1v) is 6.42. The molecule has 3 rings (SSSR count). The van der Waals surface area contributed by atoms with Gasteiger partial charge in [0.2, 0.25) is 0 Å². The van der Waals surface area contributed by atoms with Crippen LogP contribution in [0.3, 0.4) is 0 Å². The predicted molar refractivity (Wildman–Crippen MR) is 78.4 cm³/mol. The third-order valence-corrected chi connectivity index (χ3v) is 3.39. The lowest BCUT2D eigenvalue weighted by molar-refractivity contribution is 0.784. The number of fused-ring (bicyclic) bond motifs is 1. The Balaban J connectivity index is 2.25. The normalized spacial score (nSPS) is 19.2. The summed E-state index contributed by atoms with van der Waals surface area (Å²) in [5.41, 5.74) is 9.84. The van der Waals surface area contributed by atoms with Crippen molar-refractivity contribution in [1.82, 2.24) is 4.98 Å². The molecule has 0 saturated carbocycles. The van der Waals surface area contributed by atoms with Crippen molar-refractivity contribution in [2.45, 2.75) is 20.3 Å². The molecular formula is C15H16N4. The van der Waals surface area contributed by atoms with E-state index in [2.05, 4.69) is 34.2 Å². The molecule has 0 amide bonds. The number of rotatable bonds is 1. The second-order valence-electron chi connectivity index (χ2n) is 5.01. The summed E-state index contributed by atoms with van der Waals surface area (Å²) in [5, 5.41) is 9.46. The number of hydrogen-bond donors (Lipinski definition) is 1. The fraction of sp³-hybridized carbons (Fsp3) is 0.267. The molecular weight excluding hydrogens is 236 g/mol. The minimum absolute atomic E-state index is 0.280. The molecule has 0 aliphatic carbocycles. The maximum atomic E-state index is 5.74. The third kappa shape index (κ3) is 2.10. The largest absolute Gasteiger partial charge is 0.386 e. The van der Waals surface area contributed by atoms with Gasteiger partial charge in [0.25, 0.3) is 0 Å². The molecule has 0 bridgehead atoms. The second kappa shape index (κ2) is 4.46. The van der Waals surface area contributed by atoms with Crippen LogP contribution >= 0.6 is 0 Å². The topological polar surface area (TPSA) is 63.6 Å². The number of pyridine rings is 1. The lowest BCUT2D eigenvalue weighted by atomic mass is 9.92. The van der Waals surface area contributed by atoms with E-state index in [0.29, 0.717) is 5.84 Å². The summed E-state index contributed by atoms with van der Waals surface area (Å²) in [5.74, 6) is 0.883. The molecule has 0 saturated heterocycles. The van der Waals surface area contributed by atoms with Crippen molar-refractivity contribution in [1.29, 1.82) is 0 Å².